The molecule has 1 N–H and O–H groups in total. The first-order valence-electron chi connectivity index (χ1n) is 12.4. The van der Waals surface area contributed by atoms with E-state index in [-0.39, 0.29) is 34.7 Å². The van der Waals surface area contributed by atoms with E-state index in [0.717, 1.165) is 9.75 Å². The lowest BCUT2D eigenvalue weighted by Crippen LogP contribution is -2.51. The van der Waals surface area contributed by atoms with E-state index in [2.05, 4.69) is 20.8 Å². The van der Waals surface area contributed by atoms with Crippen LogP contribution in [0.4, 0.5) is 11.4 Å². The molecule has 196 valence electrons. The molecule has 0 saturated heterocycles. The molecule has 0 radical (unpaired) electrons. The van der Waals surface area contributed by atoms with Crippen molar-refractivity contribution < 1.29 is 19.2 Å². The van der Waals surface area contributed by atoms with E-state index in [4.69, 9.17) is 4.74 Å². The number of Topliss-reactive ketones (excluding diaryl/α,β-unsaturated/α-hetero) is 1. The van der Waals surface area contributed by atoms with E-state index >= 15 is 0 Å². The summed E-state index contributed by atoms with van der Waals surface area (Å²) in [5.74, 6) is -2.41. The molecule has 1 aromatic heterocycles. The summed E-state index contributed by atoms with van der Waals surface area (Å²) in [6, 6.07) is 9.97. The number of allylic oxidation sites excluding steroid dienone is 2. The summed E-state index contributed by atoms with van der Waals surface area (Å²) in [5.41, 5.74) is 0.895. The Morgan fingerprint density at radius 2 is 1.95 bits per heavy atom. The smallest absolute Gasteiger partial charge is 0.317 e. The second-order valence-electron chi connectivity index (χ2n) is 11.5. The van der Waals surface area contributed by atoms with Gasteiger partial charge in [-0.3, -0.25) is 25.1 Å². The Morgan fingerprint density at radius 1 is 1.24 bits per heavy atom. The van der Waals surface area contributed by atoms with Crippen LogP contribution in [0.5, 0.6) is 0 Å². The van der Waals surface area contributed by atoms with E-state index in [1.165, 1.54) is 12.1 Å². The number of ether oxygens (including phenoxy) is 1. The minimum absolute atomic E-state index is 0.0427. The van der Waals surface area contributed by atoms with Crippen molar-refractivity contribution in [3.8, 4) is 0 Å². The fourth-order valence-electron chi connectivity index (χ4n) is 5.21. The Labute approximate surface area is 221 Å². The Morgan fingerprint density at radius 3 is 2.54 bits per heavy atom. The Kier molecular flexibility index (Phi) is 6.88. The number of nitrogens with zero attached hydrogens (tertiary/aromatic N) is 2. The molecule has 2 aromatic rings. The third-order valence-electron chi connectivity index (χ3n) is 6.86. The van der Waals surface area contributed by atoms with Crippen molar-refractivity contribution >= 4 is 40.3 Å². The number of anilines is 1. The molecule has 2 aliphatic rings. The number of esters is 1. The maximum atomic E-state index is 13.8. The van der Waals surface area contributed by atoms with Crippen molar-refractivity contribution in [1.82, 2.24) is 0 Å². The first-order chi connectivity index (χ1) is 17.2. The monoisotopic (exact) mass is 523 g/mol. The minimum atomic E-state index is -1.06. The molecule has 0 bridgehead atoms. The van der Waals surface area contributed by atoms with Gasteiger partial charge in [0.2, 0.25) is 0 Å². The number of hydrogen-bond acceptors (Lipinski definition) is 7. The van der Waals surface area contributed by atoms with Crippen molar-refractivity contribution in [2.75, 3.05) is 11.5 Å². The summed E-state index contributed by atoms with van der Waals surface area (Å²) in [4.78, 5) is 41.8. The zero-order valence-electron chi connectivity index (χ0n) is 22.1. The predicted octanol–water partition coefficient (Wildman–Crippen LogP) is 6.36. The van der Waals surface area contributed by atoms with Crippen LogP contribution < -0.4 is 4.90 Å². The van der Waals surface area contributed by atoms with Crippen LogP contribution in [0.25, 0.3) is 0 Å². The second kappa shape index (κ2) is 9.52. The molecule has 2 unspecified atom stereocenters. The molecule has 0 fully saturated rings. The summed E-state index contributed by atoms with van der Waals surface area (Å²) in [7, 11) is 0. The van der Waals surface area contributed by atoms with Gasteiger partial charge in [-0.2, -0.15) is 0 Å². The van der Waals surface area contributed by atoms with Crippen LogP contribution in [0.15, 0.2) is 47.7 Å². The van der Waals surface area contributed by atoms with Gasteiger partial charge in [0.05, 0.1) is 17.2 Å². The molecule has 1 aliphatic heterocycles. The number of carbonyl (C=O) groups is 2. The second-order valence-corrected chi connectivity index (χ2v) is 12.6. The van der Waals surface area contributed by atoms with Gasteiger partial charge in [-0.1, -0.05) is 40.7 Å². The fourth-order valence-corrected chi connectivity index (χ4v) is 6.43. The van der Waals surface area contributed by atoms with Gasteiger partial charge in [-0.05, 0) is 42.4 Å². The largest absolute Gasteiger partial charge is 0.465 e. The van der Waals surface area contributed by atoms with Gasteiger partial charge in [-0.15, -0.1) is 11.3 Å². The number of amidine groups is 1. The van der Waals surface area contributed by atoms with E-state index in [1.807, 2.05) is 26.0 Å². The van der Waals surface area contributed by atoms with Crippen molar-refractivity contribution in [2.24, 2.45) is 11.3 Å². The number of ketones is 1. The SMILES string of the molecule is CCOC(=O)C1C(=N)N(c2cccc([N+](=O)[O-])c2)C2=C(C(=O)CC(C)(C)C2)C1c1ccc(C(C)(C)C)s1. The highest BCUT2D eigenvalue weighted by Crippen LogP contribution is 2.52. The molecule has 4 rings (SSSR count). The zero-order chi connectivity index (χ0) is 27.3. The summed E-state index contributed by atoms with van der Waals surface area (Å²) in [5, 5.41) is 20.8. The molecule has 1 aliphatic carbocycles. The van der Waals surface area contributed by atoms with Crippen molar-refractivity contribution in [1.29, 1.82) is 5.41 Å². The quantitative estimate of drug-likeness (QED) is 0.277. The maximum absolute atomic E-state index is 13.8. The number of non-ortho nitro benzene ring substituents is 1. The van der Waals surface area contributed by atoms with E-state index in [1.54, 1.807) is 35.3 Å². The van der Waals surface area contributed by atoms with Gasteiger partial charge in [0, 0.05) is 45.5 Å². The molecule has 9 heteroatoms. The van der Waals surface area contributed by atoms with E-state index < -0.39 is 22.7 Å². The topological polar surface area (TPSA) is 114 Å². The summed E-state index contributed by atoms with van der Waals surface area (Å²) in [6.07, 6.45) is 0.800. The predicted molar refractivity (Wildman–Crippen MR) is 144 cm³/mol. The lowest BCUT2D eigenvalue weighted by atomic mass is 9.67. The molecule has 0 spiro atoms. The lowest BCUT2D eigenvalue weighted by molar-refractivity contribution is -0.384. The molecule has 1 aromatic carbocycles. The maximum Gasteiger partial charge on any atom is 0.317 e. The number of nitrogens with one attached hydrogen (secondary N) is 1. The van der Waals surface area contributed by atoms with Crippen LogP contribution in [0.2, 0.25) is 0 Å². The first-order valence-corrected chi connectivity index (χ1v) is 13.2. The molecule has 2 heterocycles. The van der Waals surface area contributed by atoms with Gasteiger partial charge in [-0.25, -0.2) is 0 Å². The minimum Gasteiger partial charge on any atom is -0.465 e. The van der Waals surface area contributed by atoms with E-state index in [0.29, 0.717) is 29.8 Å². The zero-order valence-corrected chi connectivity index (χ0v) is 22.9. The van der Waals surface area contributed by atoms with Gasteiger partial charge < -0.3 is 9.64 Å². The number of hydrogen-bond donors (Lipinski definition) is 1. The summed E-state index contributed by atoms with van der Waals surface area (Å²) >= 11 is 1.55. The van der Waals surface area contributed by atoms with Gasteiger partial charge in [0.15, 0.2) is 5.78 Å². The summed E-state index contributed by atoms with van der Waals surface area (Å²) in [6.45, 7) is 12.2. The average molecular weight is 524 g/mol. The molecule has 0 amide bonds. The number of nitro groups is 1. The van der Waals surface area contributed by atoms with Crippen LogP contribution in [-0.4, -0.2) is 29.1 Å². The van der Waals surface area contributed by atoms with Gasteiger partial charge >= 0.3 is 5.97 Å². The van der Waals surface area contributed by atoms with Crippen molar-refractivity contribution in [2.45, 2.75) is 65.7 Å². The first kappa shape index (κ1) is 26.7. The normalized spacial score (nSPS) is 21.6. The Hall–Kier alpha value is -3.33. The van der Waals surface area contributed by atoms with E-state index in [9.17, 15) is 25.1 Å². The van der Waals surface area contributed by atoms with Crippen molar-refractivity contribution in [3.05, 3.63) is 67.5 Å². The van der Waals surface area contributed by atoms with Crippen LogP contribution in [0.3, 0.4) is 0 Å². The standard InChI is InChI=1S/C28H33N3O5S/c1-7-36-26(33)24-23(20-11-12-21(37-20)27(2,3)4)22-18(14-28(5,6)15-19(22)32)30(25(24)29)16-9-8-10-17(13-16)31(34)35/h8-13,23-24,29H,7,14-15H2,1-6H3. The van der Waals surface area contributed by atoms with Gasteiger partial charge in [0.1, 0.15) is 11.8 Å². The average Bonchev–Trinajstić information content (AvgIpc) is 3.28. The van der Waals surface area contributed by atoms with Crippen LogP contribution in [0.1, 0.15) is 70.1 Å². The molecule has 0 saturated carbocycles. The number of thiophene rings is 1. The Balaban J connectivity index is 2.00. The lowest BCUT2D eigenvalue weighted by Gasteiger charge is -2.46. The molecule has 8 nitrogen and oxygen atoms in total. The molecule has 2 atom stereocenters. The third kappa shape index (κ3) is 4.97. The molecular weight excluding hydrogens is 490 g/mol. The molecular formula is C28H33N3O5S. The highest BCUT2D eigenvalue weighted by molar-refractivity contribution is 7.12. The fraction of sp³-hybridized carbons (Fsp3) is 0.464. The number of nitro benzene ring substituents is 1. The Bertz CT molecular complexity index is 1320. The van der Waals surface area contributed by atoms with Crippen LogP contribution in [-0.2, 0) is 19.7 Å². The summed E-state index contributed by atoms with van der Waals surface area (Å²) < 4.78 is 5.44. The van der Waals surface area contributed by atoms with Gasteiger partial charge in [0.25, 0.3) is 5.69 Å². The van der Waals surface area contributed by atoms with Crippen LogP contribution in [0, 0.1) is 26.9 Å². The molecule has 37 heavy (non-hydrogen) atoms. The van der Waals surface area contributed by atoms with Crippen LogP contribution >= 0.6 is 11.3 Å². The highest BCUT2D eigenvalue weighted by atomic mass is 32.1. The van der Waals surface area contributed by atoms with Crippen molar-refractivity contribution in [3.63, 3.8) is 0 Å². The number of carbonyl (C=O) groups excluding carboxylic acids is 2. The number of benzene rings is 1. The third-order valence-corrected chi connectivity index (χ3v) is 8.45. The number of rotatable bonds is 5. The highest BCUT2D eigenvalue weighted by Gasteiger charge is 2.51.